The van der Waals surface area contributed by atoms with Crippen molar-refractivity contribution in [3.05, 3.63) is 106 Å². The molecule has 0 saturated carbocycles. The van der Waals surface area contributed by atoms with Gasteiger partial charge < -0.3 is 4.90 Å². The normalized spacial score (nSPS) is 12.0. The molecule has 4 rings (SSSR count). The molecule has 5 nitrogen and oxygen atoms in total. The summed E-state index contributed by atoms with van der Waals surface area (Å²) in [6.45, 7) is 6.43. The first-order valence-electron chi connectivity index (χ1n) is 11.6. The van der Waals surface area contributed by atoms with Crippen molar-refractivity contribution in [2.45, 2.75) is 39.7 Å². The van der Waals surface area contributed by atoms with Crippen LogP contribution in [0.4, 0.5) is 4.39 Å². The molecule has 1 amide bonds. The second-order valence-corrected chi connectivity index (χ2v) is 8.34. The third-order valence-corrected chi connectivity index (χ3v) is 6.05. The summed E-state index contributed by atoms with van der Waals surface area (Å²) in [6, 6.07) is 20.0. The number of para-hydroxylation sites is 1. The Morgan fingerprint density at radius 2 is 1.68 bits per heavy atom. The van der Waals surface area contributed by atoms with Gasteiger partial charge >= 0.3 is 0 Å². The minimum Gasteiger partial charge on any atom is -0.328 e. The van der Waals surface area contributed by atoms with Gasteiger partial charge in [-0.25, -0.2) is 9.37 Å². The average molecular weight is 458 g/mol. The highest BCUT2D eigenvalue weighted by atomic mass is 19.1. The third-order valence-electron chi connectivity index (χ3n) is 6.05. The van der Waals surface area contributed by atoms with Gasteiger partial charge in [-0.1, -0.05) is 44.2 Å². The summed E-state index contributed by atoms with van der Waals surface area (Å²) in [5.74, 6) is -0.0189. The fourth-order valence-electron chi connectivity index (χ4n) is 4.36. The van der Waals surface area contributed by atoms with E-state index in [1.807, 2.05) is 51.1 Å². The van der Waals surface area contributed by atoms with E-state index in [1.165, 1.54) is 16.7 Å². The number of benzene rings is 3. The van der Waals surface area contributed by atoms with Crippen molar-refractivity contribution in [2.24, 2.45) is 0 Å². The number of halogens is 1. The highest BCUT2D eigenvalue weighted by Crippen LogP contribution is 2.28. The minimum absolute atomic E-state index is 0.0973. The zero-order valence-corrected chi connectivity index (χ0v) is 19.7. The molecule has 0 aliphatic rings. The summed E-state index contributed by atoms with van der Waals surface area (Å²) in [6.07, 6.45) is 1.31. The SMILES string of the molecule is CCCN(C(=O)c1ccccc1C)C(CC)c1nc2ccccc2c(=O)n1-c1ccc(F)cc1. The first kappa shape index (κ1) is 23.4. The van der Waals surface area contributed by atoms with Crippen LogP contribution >= 0.6 is 0 Å². The second-order valence-electron chi connectivity index (χ2n) is 8.34. The lowest BCUT2D eigenvalue weighted by Gasteiger charge is -2.32. The molecule has 6 heteroatoms. The predicted octanol–water partition coefficient (Wildman–Crippen LogP) is 5.84. The molecule has 0 aliphatic carbocycles. The van der Waals surface area contributed by atoms with Crippen molar-refractivity contribution in [2.75, 3.05) is 6.54 Å². The van der Waals surface area contributed by atoms with Gasteiger partial charge in [-0.2, -0.15) is 0 Å². The Hall–Kier alpha value is -3.80. The fourth-order valence-corrected chi connectivity index (χ4v) is 4.36. The van der Waals surface area contributed by atoms with Crippen LogP contribution in [0.1, 0.15) is 54.5 Å². The Kier molecular flexibility index (Phi) is 6.87. The predicted molar refractivity (Wildman–Crippen MR) is 133 cm³/mol. The van der Waals surface area contributed by atoms with Gasteiger partial charge in [-0.05, 0) is 67.8 Å². The van der Waals surface area contributed by atoms with E-state index in [2.05, 4.69) is 0 Å². The van der Waals surface area contributed by atoms with Crippen molar-refractivity contribution in [1.82, 2.24) is 14.5 Å². The number of rotatable bonds is 7. The standard InChI is InChI=1S/C28H28FN3O2/c1-4-18-31(27(33)22-11-7-6-10-19(22)3)25(5-2)26-30-24-13-9-8-12-23(24)28(34)32(26)21-16-14-20(29)15-17-21/h6-17,25H,4-5,18H2,1-3H3. The summed E-state index contributed by atoms with van der Waals surface area (Å²) in [7, 11) is 0. The van der Waals surface area contributed by atoms with E-state index in [9.17, 15) is 14.0 Å². The van der Waals surface area contributed by atoms with Gasteiger partial charge in [0, 0.05) is 12.1 Å². The molecule has 0 spiro atoms. The number of aryl methyl sites for hydroxylation is 1. The molecule has 0 saturated heterocycles. The molecule has 1 aromatic heterocycles. The van der Waals surface area contributed by atoms with Crippen LogP contribution in [0.2, 0.25) is 0 Å². The monoisotopic (exact) mass is 457 g/mol. The lowest BCUT2D eigenvalue weighted by molar-refractivity contribution is 0.0658. The van der Waals surface area contributed by atoms with Gasteiger partial charge in [-0.3, -0.25) is 14.2 Å². The molecule has 34 heavy (non-hydrogen) atoms. The highest BCUT2D eigenvalue weighted by Gasteiger charge is 2.29. The van der Waals surface area contributed by atoms with Gasteiger partial charge in [0.25, 0.3) is 11.5 Å². The van der Waals surface area contributed by atoms with Crippen LogP contribution in [0.15, 0.2) is 77.6 Å². The topological polar surface area (TPSA) is 55.2 Å². The Labute approximate surface area is 198 Å². The summed E-state index contributed by atoms with van der Waals surface area (Å²) in [5, 5.41) is 0.470. The third kappa shape index (κ3) is 4.36. The van der Waals surface area contributed by atoms with Crippen LogP contribution in [-0.2, 0) is 0 Å². The smallest absolute Gasteiger partial charge is 0.266 e. The molecule has 1 heterocycles. The number of hydrogen-bond donors (Lipinski definition) is 0. The number of fused-ring (bicyclic) bond motifs is 1. The largest absolute Gasteiger partial charge is 0.328 e. The van der Waals surface area contributed by atoms with Crippen molar-refractivity contribution < 1.29 is 9.18 Å². The quantitative estimate of drug-likeness (QED) is 0.350. The summed E-state index contributed by atoms with van der Waals surface area (Å²) >= 11 is 0. The van der Waals surface area contributed by atoms with Gasteiger partial charge in [0.05, 0.1) is 22.6 Å². The van der Waals surface area contributed by atoms with Gasteiger partial charge in [-0.15, -0.1) is 0 Å². The molecule has 0 fully saturated rings. The fraction of sp³-hybridized carbons (Fsp3) is 0.250. The second kappa shape index (κ2) is 10.00. The molecule has 0 radical (unpaired) electrons. The van der Waals surface area contributed by atoms with Crippen molar-refractivity contribution in [3.8, 4) is 5.69 Å². The van der Waals surface area contributed by atoms with E-state index in [-0.39, 0.29) is 17.3 Å². The molecule has 0 N–H and O–H groups in total. The van der Waals surface area contributed by atoms with Gasteiger partial charge in [0.1, 0.15) is 11.6 Å². The maximum absolute atomic E-state index is 13.7. The summed E-state index contributed by atoms with van der Waals surface area (Å²) in [4.78, 5) is 34.1. The lowest BCUT2D eigenvalue weighted by Crippen LogP contribution is -2.39. The lowest BCUT2D eigenvalue weighted by atomic mass is 10.0. The Morgan fingerprint density at radius 3 is 2.35 bits per heavy atom. The number of hydrogen-bond acceptors (Lipinski definition) is 3. The maximum Gasteiger partial charge on any atom is 0.266 e. The summed E-state index contributed by atoms with van der Waals surface area (Å²) in [5.41, 5.74) is 2.36. The van der Waals surface area contributed by atoms with Gasteiger partial charge in [0.15, 0.2) is 0 Å². The molecule has 0 aliphatic heterocycles. The first-order valence-corrected chi connectivity index (χ1v) is 11.6. The number of carbonyl (C=O) groups is 1. The minimum atomic E-state index is -0.450. The zero-order valence-electron chi connectivity index (χ0n) is 19.7. The Morgan fingerprint density at radius 1 is 1.00 bits per heavy atom. The number of aromatic nitrogens is 2. The molecule has 174 valence electrons. The van der Waals surface area contributed by atoms with E-state index in [1.54, 1.807) is 35.2 Å². The molecular formula is C28H28FN3O2. The zero-order chi connectivity index (χ0) is 24.2. The van der Waals surface area contributed by atoms with Crippen molar-refractivity contribution in [1.29, 1.82) is 0 Å². The van der Waals surface area contributed by atoms with Crippen molar-refractivity contribution in [3.63, 3.8) is 0 Å². The molecule has 0 bridgehead atoms. The van der Waals surface area contributed by atoms with Crippen LogP contribution in [0.25, 0.3) is 16.6 Å². The highest BCUT2D eigenvalue weighted by molar-refractivity contribution is 5.96. The first-order chi connectivity index (χ1) is 16.5. The number of carbonyl (C=O) groups excluding carboxylic acids is 1. The van der Waals surface area contributed by atoms with E-state index >= 15 is 0 Å². The summed E-state index contributed by atoms with van der Waals surface area (Å²) < 4.78 is 15.2. The van der Waals surface area contributed by atoms with Crippen LogP contribution in [-0.4, -0.2) is 26.9 Å². The molecule has 4 aromatic rings. The van der Waals surface area contributed by atoms with Crippen molar-refractivity contribution >= 4 is 16.8 Å². The van der Waals surface area contributed by atoms with E-state index < -0.39 is 6.04 Å². The molecular weight excluding hydrogens is 429 g/mol. The molecule has 1 atom stereocenters. The Bertz CT molecular complexity index is 1380. The van der Waals surface area contributed by atoms with Crippen LogP contribution in [0.3, 0.4) is 0 Å². The van der Waals surface area contributed by atoms with Crippen LogP contribution in [0.5, 0.6) is 0 Å². The molecule has 3 aromatic carbocycles. The van der Waals surface area contributed by atoms with E-state index in [0.717, 1.165) is 12.0 Å². The maximum atomic E-state index is 13.7. The van der Waals surface area contributed by atoms with Crippen LogP contribution in [0, 0.1) is 12.7 Å². The number of amides is 1. The van der Waals surface area contributed by atoms with Crippen LogP contribution < -0.4 is 5.56 Å². The van der Waals surface area contributed by atoms with E-state index in [0.29, 0.717) is 40.9 Å². The van der Waals surface area contributed by atoms with E-state index in [4.69, 9.17) is 4.98 Å². The van der Waals surface area contributed by atoms with Gasteiger partial charge in [0.2, 0.25) is 0 Å². The molecule has 1 unspecified atom stereocenters. The average Bonchev–Trinajstić information content (AvgIpc) is 2.85. The Balaban J connectivity index is 1.95. The number of nitrogens with zero attached hydrogens (tertiary/aromatic N) is 3.